The maximum Gasteiger partial charge on any atom is 0.228 e. The number of amides is 2. The number of nitrogens with zero attached hydrogens (tertiary/aromatic N) is 2. The molecule has 0 spiro atoms. The average molecular weight is 340 g/mol. The van der Waals surface area contributed by atoms with Crippen molar-refractivity contribution in [2.75, 3.05) is 13.6 Å². The van der Waals surface area contributed by atoms with Crippen LogP contribution in [0.4, 0.5) is 0 Å². The molecule has 2 unspecified atom stereocenters. The van der Waals surface area contributed by atoms with E-state index in [2.05, 4.69) is 12.1 Å². The zero-order valence-corrected chi connectivity index (χ0v) is 14.5. The number of thiophene rings is 1. The molecule has 0 bridgehead atoms. The van der Waals surface area contributed by atoms with Crippen molar-refractivity contribution in [3.8, 4) is 0 Å². The Balaban J connectivity index is 1.59. The summed E-state index contributed by atoms with van der Waals surface area (Å²) < 4.78 is 0. The van der Waals surface area contributed by atoms with Gasteiger partial charge in [-0.2, -0.15) is 0 Å². The molecule has 2 atom stereocenters. The first-order valence-electron chi connectivity index (χ1n) is 8.30. The highest BCUT2D eigenvalue weighted by molar-refractivity contribution is 7.10. The molecule has 0 aliphatic carbocycles. The summed E-state index contributed by atoms with van der Waals surface area (Å²) in [6, 6.07) is 12.2. The normalized spacial score (nSPS) is 23.5. The predicted octanol–water partition coefficient (Wildman–Crippen LogP) is 2.85. The first kappa shape index (κ1) is 15.4. The van der Waals surface area contributed by atoms with Gasteiger partial charge in [-0.25, -0.2) is 0 Å². The van der Waals surface area contributed by atoms with Crippen molar-refractivity contribution in [3.05, 3.63) is 57.8 Å². The smallest absolute Gasteiger partial charge is 0.228 e. The molecular formula is C19H20N2O2S. The average Bonchev–Trinajstić information content (AvgIpc) is 3.22. The van der Waals surface area contributed by atoms with Crippen LogP contribution in [0.5, 0.6) is 0 Å². The number of hydrogen-bond donors (Lipinski definition) is 0. The van der Waals surface area contributed by atoms with Gasteiger partial charge in [-0.1, -0.05) is 30.3 Å². The third kappa shape index (κ3) is 2.53. The van der Waals surface area contributed by atoms with Crippen LogP contribution in [0.3, 0.4) is 0 Å². The molecule has 124 valence electrons. The van der Waals surface area contributed by atoms with Gasteiger partial charge >= 0.3 is 0 Å². The van der Waals surface area contributed by atoms with Gasteiger partial charge in [0.05, 0.1) is 12.0 Å². The molecule has 5 heteroatoms. The van der Waals surface area contributed by atoms with Gasteiger partial charge < -0.3 is 9.80 Å². The topological polar surface area (TPSA) is 40.6 Å². The van der Waals surface area contributed by atoms with Crippen molar-refractivity contribution in [2.45, 2.75) is 25.4 Å². The molecule has 2 aliphatic rings. The lowest BCUT2D eigenvalue weighted by molar-refractivity contribution is -0.137. The van der Waals surface area contributed by atoms with E-state index in [1.807, 2.05) is 41.6 Å². The number of rotatable bonds is 2. The van der Waals surface area contributed by atoms with E-state index in [1.165, 1.54) is 11.1 Å². The van der Waals surface area contributed by atoms with Crippen LogP contribution in [0, 0.1) is 5.92 Å². The van der Waals surface area contributed by atoms with Gasteiger partial charge in [0.15, 0.2) is 0 Å². The van der Waals surface area contributed by atoms with Gasteiger partial charge in [0, 0.05) is 31.4 Å². The first-order valence-corrected chi connectivity index (χ1v) is 9.18. The molecule has 0 radical (unpaired) electrons. The molecule has 2 amide bonds. The van der Waals surface area contributed by atoms with Gasteiger partial charge in [-0.3, -0.25) is 9.59 Å². The van der Waals surface area contributed by atoms with Crippen LogP contribution < -0.4 is 0 Å². The van der Waals surface area contributed by atoms with Crippen LogP contribution in [-0.4, -0.2) is 35.2 Å². The lowest BCUT2D eigenvalue weighted by Gasteiger charge is -2.32. The predicted molar refractivity (Wildman–Crippen MR) is 93.5 cm³/mol. The minimum absolute atomic E-state index is 0.0594. The second-order valence-corrected chi connectivity index (χ2v) is 7.53. The van der Waals surface area contributed by atoms with Crippen molar-refractivity contribution >= 4 is 23.2 Å². The fourth-order valence-corrected chi connectivity index (χ4v) is 4.79. The molecule has 0 N–H and O–H groups in total. The summed E-state index contributed by atoms with van der Waals surface area (Å²) in [5, 5.41) is 2.00. The van der Waals surface area contributed by atoms with Crippen LogP contribution in [0.25, 0.3) is 0 Å². The van der Waals surface area contributed by atoms with E-state index in [-0.39, 0.29) is 23.8 Å². The maximum atomic E-state index is 13.2. The van der Waals surface area contributed by atoms with Crippen molar-refractivity contribution in [2.24, 2.45) is 5.92 Å². The molecule has 1 aromatic heterocycles. The van der Waals surface area contributed by atoms with Crippen molar-refractivity contribution in [1.82, 2.24) is 9.80 Å². The number of benzene rings is 1. The van der Waals surface area contributed by atoms with Crippen LogP contribution in [0.2, 0.25) is 0 Å². The molecule has 3 heterocycles. The summed E-state index contributed by atoms with van der Waals surface area (Å²) in [4.78, 5) is 30.2. The second kappa shape index (κ2) is 6.06. The third-order valence-corrected chi connectivity index (χ3v) is 6.12. The molecule has 1 saturated heterocycles. The lowest BCUT2D eigenvalue weighted by Crippen LogP contribution is -2.41. The van der Waals surface area contributed by atoms with Crippen molar-refractivity contribution in [1.29, 1.82) is 0 Å². The summed E-state index contributed by atoms with van der Waals surface area (Å²) >= 11 is 1.62. The summed E-state index contributed by atoms with van der Waals surface area (Å²) in [6.07, 6.45) is 1.21. The largest absolute Gasteiger partial charge is 0.338 e. The molecule has 2 aliphatic heterocycles. The van der Waals surface area contributed by atoms with E-state index in [9.17, 15) is 9.59 Å². The summed E-state index contributed by atoms with van der Waals surface area (Å²) in [5.74, 6) is -0.101. The van der Waals surface area contributed by atoms with E-state index in [4.69, 9.17) is 0 Å². The van der Waals surface area contributed by atoms with Gasteiger partial charge in [-0.05, 0) is 29.0 Å². The molecule has 0 saturated carbocycles. The molecule has 1 fully saturated rings. The Morgan fingerprint density at radius 3 is 2.71 bits per heavy atom. The van der Waals surface area contributed by atoms with Gasteiger partial charge in [0.25, 0.3) is 0 Å². The van der Waals surface area contributed by atoms with Crippen molar-refractivity contribution in [3.63, 3.8) is 0 Å². The minimum Gasteiger partial charge on any atom is -0.338 e. The number of carbonyl (C=O) groups excluding carboxylic acids is 2. The Labute approximate surface area is 145 Å². The Kier molecular flexibility index (Phi) is 3.88. The molecule has 4 nitrogen and oxygen atoms in total. The summed E-state index contributed by atoms with van der Waals surface area (Å²) in [5.41, 5.74) is 2.55. The van der Waals surface area contributed by atoms with Crippen LogP contribution in [0.1, 0.15) is 28.5 Å². The lowest BCUT2D eigenvalue weighted by atomic mass is 9.94. The summed E-state index contributed by atoms with van der Waals surface area (Å²) in [6.45, 7) is 1.39. The number of fused-ring (bicyclic) bond motifs is 1. The van der Waals surface area contributed by atoms with E-state index < -0.39 is 0 Å². The van der Waals surface area contributed by atoms with Crippen LogP contribution in [0.15, 0.2) is 41.8 Å². The molecule has 4 rings (SSSR count). The van der Waals surface area contributed by atoms with E-state index in [0.717, 1.165) is 17.8 Å². The SMILES string of the molecule is CN1C(=O)CC(C(=O)N2CCc3ccccc3C2)C1c1cccs1. The first-order chi connectivity index (χ1) is 11.6. The highest BCUT2D eigenvalue weighted by Crippen LogP contribution is 2.40. The van der Waals surface area contributed by atoms with Crippen LogP contribution >= 0.6 is 11.3 Å². The number of likely N-dealkylation sites (tertiary alicyclic amines) is 1. The zero-order valence-electron chi connectivity index (χ0n) is 13.6. The Morgan fingerprint density at radius 2 is 1.96 bits per heavy atom. The molecule has 2 aromatic rings. The fourth-order valence-electron chi connectivity index (χ4n) is 3.86. The Morgan fingerprint density at radius 1 is 1.17 bits per heavy atom. The van der Waals surface area contributed by atoms with Gasteiger partial charge in [0.2, 0.25) is 11.8 Å². The quantitative estimate of drug-likeness (QED) is 0.843. The number of hydrogen-bond acceptors (Lipinski definition) is 3. The highest BCUT2D eigenvalue weighted by atomic mass is 32.1. The fraction of sp³-hybridized carbons (Fsp3) is 0.368. The van der Waals surface area contributed by atoms with Gasteiger partial charge in [0.1, 0.15) is 0 Å². The highest BCUT2D eigenvalue weighted by Gasteiger charge is 2.44. The molecule has 24 heavy (non-hydrogen) atoms. The Bertz CT molecular complexity index is 771. The minimum atomic E-state index is -0.272. The second-order valence-electron chi connectivity index (χ2n) is 6.55. The summed E-state index contributed by atoms with van der Waals surface area (Å²) in [7, 11) is 1.81. The Hall–Kier alpha value is -2.14. The van der Waals surface area contributed by atoms with E-state index >= 15 is 0 Å². The monoisotopic (exact) mass is 340 g/mol. The molecular weight excluding hydrogens is 320 g/mol. The van der Waals surface area contributed by atoms with Crippen LogP contribution in [-0.2, 0) is 22.6 Å². The standard InChI is InChI=1S/C19H20N2O2S/c1-20-17(22)11-15(18(20)16-7-4-10-24-16)19(23)21-9-8-13-5-2-3-6-14(13)12-21/h2-7,10,15,18H,8-9,11-12H2,1H3. The number of carbonyl (C=O) groups is 2. The van der Waals surface area contributed by atoms with Crippen molar-refractivity contribution < 1.29 is 9.59 Å². The van der Waals surface area contributed by atoms with E-state index in [1.54, 1.807) is 16.2 Å². The third-order valence-electron chi connectivity index (χ3n) is 5.18. The molecule has 1 aromatic carbocycles. The maximum absolute atomic E-state index is 13.2. The van der Waals surface area contributed by atoms with E-state index in [0.29, 0.717) is 13.0 Å². The van der Waals surface area contributed by atoms with Gasteiger partial charge in [-0.15, -0.1) is 11.3 Å². The zero-order chi connectivity index (χ0) is 16.7.